The van der Waals surface area contributed by atoms with Gasteiger partial charge in [-0.1, -0.05) is 45.1 Å². The largest absolute Gasteiger partial charge is 0.477 e. The molecule has 1 amide bonds. The van der Waals surface area contributed by atoms with E-state index in [4.69, 9.17) is 0 Å². The fourth-order valence-corrected chi connectivity index (χ4v) is 6.13. The van der Waals surface area contributed by atoms with E-state index in [-0.39, 0.29) is 28.3 Å². The van der Waals surface area contributed by atoms with Gasteiger partial charge in [0.05, 0.1) is 11.3 Å². The van der Waals surface area contributed by atoms with Gasteiger partial charge in [-0.2, -0.15) is 0 Å². The summed E-state index contributed by atoms with van der Waals surface area (Å²) in [4.78, 5) is 28.5. The highest BCUT2D eigenvalue weighted by atomic mass is 32.2. The minimum absolute atomic E-state index is 0.0799. The normalized spacial score (nSPS) is 20.4. The molecular weight excluding hydrogens is 446 g/mol. The van der Waals surface area contributed by atoms with Crippen molar-refractivity contribution < 1.29 is 19.3 Å². The number of hydrogen-bond donors (Lipinski definition) is 1. The van der Waals surface area contributed by atoms with Crippen molar-refractivity contribution in [1.29, 1.82) is 0 Å². The predicted molar refractivity (Wildman–Crippen MR) is 137 cm³/mol. The molecule has 0 bridgehead atoms. The second-order valence-corrected chi connectivity index (χ2v) is 11.2. The standard InChI is InChI=1S/C27H31N3O3S/c1-27(2,3)22-24(31)30-23(26(32)33)20(17-34-25(22)30)16-29-14-12-19(13-15-29)7-6-18-8-10-21(11-9-18)28(4)5/h6-15,22,25H,16-17H2,1-5H3/p+1. The van der Waals surface area contributed by atoms with Crippen molar-refractivity contribution in [3.8, 4) is 0 Å². The Kier molecular flexibility index (Phi) is 6.58. The smallest absolute Gasteiger partial charge is 0.352 e. The first-order valence-electron chi connectivity index (χ1n) is 11.4. The fourth-order valence-electron chi connectivity index (χ4n) is 4.45. The van der Waals surface area contributed by atoms with E-state index in [1.807, 2.05) is 64.0 Å². The van der Waals surface area contributed by atoms with Gasteiger partial charge in [0, 0.05) is 43.2 Å². The van der Waals surface area contributed by atoms with E-state index in [1.54, 1.807) is 11.8 Å². The lowest BCUT2D eigenvalue weighted by Gasteiger charge is -2.53. The molecule has 1 N–H and O–H groups in total. The monoisotopic (exact) mass is 478 g/mol. The number of rotatable bonds is 6. The van der Waals surface area contributed by atoms with Crippen LogP contribution >= 0.6 is 11.8 Å². The van der Waals surface area contributed by atoms with Gasteiger partial charge in [-0.15, -0.1) is 11.8 Å². The van der Waals surface area contributed by atoms with Crippen molar-refractivity contribution in [3.05, 3.63) is 71.2 Å². The van der Waals surface area contributed by atoms with Crippen molar-refractivity contribution in [1.82, 2.24) is 4.90 Å². The van der Waals surface area contributed by atoms with Gasteiger partial charge >= 0.3 is 5.97 Å². The van der Waals surface area contributed by atoms with Gasteiger partial charge in [-0.25, -0.2) is 9.36 Å². The topological polar surface area (TPSA) is 64.7 Å². The zero-order chi connectivity index (χ0) is 24.6. The summed E-state index contributed by atoms with van der Waals surface area (Å²) < 4.78 is 1.97. The van der Waals surface area contributed by atoms with Crippen molar-refractivity contribution >= 4 is 41.5 Å². The molecule has 1 saturated heterocycles. The van der Waals surface area contributed by atoms with Crippen LogP contribution in [0.5, 0.6) is 0 Å². The third-order valence-corrected chi connectivity index (χ3v) is 7.69. The number of carbonyl (C=O) groups is 2. The molecule has 1 fully saturated rings. The van der Waals surface area contributed by atoms with E-state index in [9.17, 15) is 14.7 Å². The van der Waals surface area contributed by atoms with Crippen LogP contribution in [-0.2, 0) is 16.1 Å². The third kappa shape index (κ3) is 4.75. The van der Waals surface area contributed by atoms with Crippen LogP contribution < -0.4 is 9.47 Å². The summed E-state index contributed by atoms with van der Waals surface area (Å²) in [6, 6.07) is 12.4. The molecule has 2 aliphatic heterocycles. The number of carboxylic acid groups (broad SMARTS) is 1. The summed E-state index contributed by atoms with van der Waals surface area (Å²) in [5, 5.41) is 9.81. The van der Waals surface area contributed by atoms with Crippen LogP contribution in [0.3, 0.4) is 0 Å². The Morgan fingerprint density at radius 2 is 1.71 bits per heavy atom. The summed E-state index contributed by atoms with van der Waals surface area (Å²) in [7, 11) is 4.04. The number of nitrogens with zero attached hydrogens (tertiary/aromatic N) is 3. The number of amides is 1. The lowest BCUT2D eigenvalue weighted by Crippen LogP contribution is -2.65. The van der Waals surface area contributed by atoms with Gasteiger partial charge in [-0.05, 0) is 28.7 Å². The molecule has 178 valence electrons. The zero-order valence-corrected chi connectivity index (χ0v) is 21.2. The molecule has 4 rings (SSSR count). The number of benzene rings is 1. The molecule has 3 heterocycles. The minimum Gasteiger partial charge on any atom is -0.477 e. The highest BCUT2D eigenvalue weighted by Crippen LogP contribution is 2.50. The van der Waals surface area contributed by atoms with Crippen LogP contribution in [0.25, 0.3) is 12.2 Å². The molecule has 2 aromatic rings. The maximum Gasteiger partial charge on any atom is 0.352 e. The van der Waals surface area contributed by atoms with E-state index in [0.29, 0.717) is 12.3 Å². The number of pyridine rings is 1. The highest BCUT2D eigenvalue weighted by Gasteiger charge is 2.57. The fraction of sp³-hybridized carbons (Fsp3) is 0.370. The Bertz CT molecular complexity index is 1150. The van der Waals surface area contributed by atoms with E-state index in [0.717, 1.165) is 22.4 Å². The molecule has 1 aromatic heterocycles. The van der Waals surface area contributed by atoms with E-state index in [2.05, 4.69) is 41.3 Å². The number of aromatic nitrogens is 1. The zero-order valence-electron chi connectivity index (χ0n) is 20.4. The van der Waals surface area contributed by atoms with Crippen LogP contribution in [-0.4, -0.2) is 47.1 Å². The summed E-state index contributed by atoms with van der Waals surface area (Å²) in [6.45, 7) is 6.56. The number of aliphatic carboxylic acids is 1. The summed E-state index contributed by atoms with van der Waals surface area (Å²) in [5.74, 6) is -0.642. The number of β-lactam (4-membered cyclic amide) rings is 1. The van der Waals surface area contributed by atoms with E-state index < -0.39 is 5.97 Å². The maximum atomic E-state index is 12.8. The molecule has 2 aliphatic rings. The van der Waals surface area contributed by atoms with Gasteiger partial charge in [0.25, 0.3) is 0 Å². The quantitative estimate of drug-likeness (QED) is 0.500. The average Bonchev–Trinajstić information content (AvgIpc) is 2.77. The first-order chi connectivity index (χ1) is 16.1. The number of thioether (sulfide) groups is 1. The Morgan fingerprint density at radius 1 is 1.12 bits per heavy atom. The Hall–Kier alpha value is -3.06. The SMILES string of the molecule is CN(C)c1ccc(/C=C/c2cc[n+](CC3=C(C(=O)O)N4C(=O)C(C(C)(C)C)C4SC3)cc2)cc1. The molecule has 2 unspecified atom stereocenters. The van der Waals surface area contributed by atoms with Gasteiger partial charge in [-0.3, -0.25) is 9.69 Å². The summed E-state index contributed by atoms with van der Waals surface area (Å²) >= 11 is 1.67. The average molecular weight is 479 g/mol. The van der Waals surface area contributed by atoms with Crippen molar-refractivity contribution in [2.45, 2.75) is 32.7 Å². The van der Waals surface area contributed by atoms with Crippen LogP contribution in [0.1, 0.15) is 31.9 Å². The Balaban J connectivity index is 1.48. The molecule has 6 nitrogen and oxygen atoms in total. The van der Waals surface area contributed by atoms with Gasteiger partial charge in [0.1, 0.15) is 5.70 Å². The van der Waals surface area contributed by atoms with Crippen LogP contribution in [0.2, 0.25) is 0 Å². The Labute approximate surface area is 205 Å². The van der Waals surface area contributed by atoms with Gasteiger partial charge < -0.3 is 10.0 Å². The van der Waals surface area contributed by atoms with E-state index >= 15 is 0 Å². The molecule has 7 heteroatoms. The third-order valence-electron chi connectivity index (χ3n) is 6.35. The summed E-state index contributed by atoms with van der Waals surface area (Å²) in [6.07, 6.45) is 8.04. The lowest BCUT2D eigenvalue weighted by atomic mass is 9.74. The maximum absolute atomic E-state index is 12.8. The number of hydrogen-bond acceptors (Lipinski definition) is 4. The lowest BCUT2D eigenvalue weighted by molar-refractivity contribution is -0.689. The van der Waals surface area contributed by atoms with Crippen LogP contribution in [0.15, 0.2) is 60.1 Å². The molecular formula is C27H32N3O3S+. The number of carbonyl (C=O) groups excluding carboxylic acids is 1. The van der Waals surface area contributed by atoms with Crippen LogP contribution in [0, 0.1) is 11.3 Å². The number of anilines is 1. The van der Waals surface area contributed by atoms with Gasteiger partial charge in [0.2, 0.25) is 5.91 Å². The number of fused-ring (bicyclic) bond motifs is 1. The first kappa shape index (κ1) is 24.1. The molecule has 0 radical (unpaired) electrons. The number of carboxylic acids is 1. The molecule has 0 aliphatic carbocycles. The van der Waals surface area contributed by atoms with Crippen molar-refractivity contribution in [2.75, 3.05) is 24.7 Å². The molecule has 1 aromatic carbocycles. The molecule has 0 saturated carbocycles. The first-order valence-corrected chi connectivity index (χ1v) is 12.5. The van der Waals surface area contributed by atoms with Gasteiger partial charge in [0.15, 0.2) is 18.9 Å². The predicted octanol–water partition coefficient (Wildman–Crippen LogP) is 4.13. The highest BCUT2D eigenvalue weighted by molar-refractivity contribution is 8.00. The molecule has 2 atom stereocenters. The second-order valence-electron chi connectivity index (χ2n) is 10.1. The Morgan fingerprint density at radius 3 is 2.24 bits per heavy atom. The molecule has 0 spiro atoms. The van der Waals surface area contributed by atoms with Crippen LogP contribution in [0.4, 0.5) is 5.69 Å². The van der Waals surface area contributed by atoms with Crippen molar-refractivity contribution in [3.63, 3.8) is 0 Å². The molecule has 34 heavy (non-hydrogen) atoms. The van der Waals surface area contributed by atoms with E-state index in [1.165, 1.54) is 4.90 Å². The summed E-state index contributed by atoms with van der Waals surface area (Å²) in [5.41, 5.74) is 4.09. The van der Waals surface area contributed by atoms with Crippen molar-refractivity contribution in [2.24, 2.45) is 11.3 Å². The minimum atomic E-state index is -1.03. The second kappa shape index (κ2) is 9.29.